The fourth-order valence-electron chi connectivity index (χ4n) is 6.58. The van der Waals surface area contributed by atoms with Gasteiger partial charge in [0.15, 0.2) is 6.61 Å². The number of carbonyl (C=O) groups is 2. The number of ether oxygens (including phenoxy) is 2. The van der Waals surface area contributed by atoms with Crippen LogP contribution in [0.1, 0.15) is 38.5 Å². The van der Waals surface area contributed by atoms with Crippen molar-refractivity contribution in [3.8, 4) is 11.5 Å². The average Bonchev–Trinajstić information content (AvgIpc) is 3.23. The molecule has 0 radical (unpaired) electrons. The van der Waals surface area contributed by atoms with Crippen molar-refractivity contribution in [2.45, 2.75) is 53.2 Å². The van der Waals surface area contributed by atoms with Gasteiger partial charge in [-0.15, -0.1) is 0 Å². The molecular formula is C39H45N5O10S3. The van der Waals surface area contributed by atoms with Crippen LogP contribution >= 0.6 is 0 Å². The molecule has 0 bridgehead atoms. The fraction of sp³-hybridized carbons (Fsp3) is 0.333. The highest BCUT2D eigenvalue weighted by Crippen LogP contribution is 2.33. The van der Waals surface area contributed by atoms with Gasteiger partial charge in [-0.2, -0.15) is 8.61 Å². The molecule has 4 aromatic rings. The molecule has 57 heavy (non-hydrogen) atoms. The lowest BCUT2D eigenvalue weighted by molar-refractivity contribution is -0.118. The number of anilines is 3. The summed E-state index contributed by atoms with van der Waals surface area (Å²) in [5, 5.41) is 5.31. The zero-order valence-electron chi connectivity index (χ0n) is 31.4. The SMILES string of the molecule is COc1ccccc1N(CC(=O)Nc1ccc(S(=O)(=O)N2CCCCC2)cc1)S(=O)(=O)c1ccc(OCC(=O)Nc2ccc(S(=O)(=O)N3CCCCC3)cc2)cc1. The van der Waals surface area contributed by atoms with Crippen LogP contribution in [0.2, 0.25) is 0 Å². The van der Waals surface area contributed by atoms with Crippen LogP contribution < -0.4 is 24.4 Å². The molecule has 0 spiro atoms. The second-order valence-corrected chi connectivity index (χ2v) is 19.3. The van der Waals surface area contributed by atoms with Crippen molar-refractivity contribution in [1.29, 1.82) is 0 Å². The van der Waals surface area contributed by atoms with E-state index in [1.807, 2.05) is 0 Å². The summed E-state index contributed by atoms with van der Waals surface area (Å²) in [4.78, 5) is 26.1. The molecule has 2 N–H and O–H groups in total. The van der Waals surface area contributed by atoms with Crippen molar-refractivity contribution in [2.24, 2.45) is 0 Å². The lowest BCUT2D eigenvalue weighted by atomic mass is 10.2. The largest absolute Gasteiger partial charge is 0.495 e. The minimum Gasteiger partial charge on any atom is -0.495 e. The summed E-state index contributed by atoms with van der Waals surface area (Å²) in [7, 11) is -10.3. The summed E-state index contributed by atoms with van der Waals surface area (Å²) in [5.41, 5.74) is 0.756. The smallest absolute Gasteiger partial charge is 0.264 e. The zero-order chi connectivity index (χ0) is 40.6. The van der Waals surface area contributed by atoms with Crippen molar-refractivity contribution in [3.63, 3.8) is 0 Å². The minimum atomic E-state index is -4.40. The van der Waals surface area contributed by atoms with Crippen LogP contribution in [-0.4, -0.2) is 92.1 Å². The molecule has 6 rings (SSSR count). The van der Waals surface area contributed by atoms with E-state index in [1.54, 1.807) is 18.2 Å². The summed E-state index contributed by atoms with van der Waals surface area (Å²) in [6.45, 7) is 0.797. The number of para-hydroxylation sites is 2. The molecule has 2 heterocycles. The van der Waals surface area contributed by atoms with Gasteiger partial charge < -0.3 is 20.1 Å². The first-order valence-electron chi connectivity index (χ1n) is 18.5. The number of hydrogen-bond acceptors (Lipinski definition) is 10. The van der Waals surface area contributed by atoms with Gasteiger partial charge >= 0.3 is 0 Å². The van der Waals surface area contributed by atoms with Crippen molar-refractivity contribution in [3.05, 3.63) is 97.1 Å². The number of amides is 2. The first-order chi connectivity index (χ1) is 27.3. The number of rotatable bonds is 15. The number of carbonyl (C=O) groups excluding carboxylic acids is 2. The summed E-state index contributed by atoms with van der Waals surface area (Å²) in [6.07, 6.45) is 5.21. The molecule has 4 aromatic carbocycles. The first kappa shape index (κ1) is 41.6. The van der Waals surface area contributed by atoms with Crippen LogP contribution in [0, 0.1) is 0 Å². The summed E-state index contributed by atoms with van der Waals surface area (Å²) < 4.78 is 95.1. The quantitative estimate of drug-likeness (QED) is 0.167. The van der Waals surface area contributed by atoms with Gasteiger partial charge in [0.1, 0.15) is 18.0 Å². The molecule has 2 aliphatic heterocycles. The van der Waals surface area contributed by atoms with E-state index in [1.165, 1.54) is 94.6 Å². The minimum absolute atomic E-state index is 0.0985. The number of benzene rings is 4. The van der Waals surface area contributed by atoms with E-state index in [0.717, 1.165) is 42.8 Å². The van der Waals surface area contributed by atoms with Crippen LogP contribution in [0.5, 0.6) is 11.5 Å². The molecule has 0 aromatic heterocycles. The third kappa shape index (κ3) is 9.93. The Morgan fingerprint density at radius 2 is 1.05 bits per heavy atom. The van der Waals surface area contributed by atoms with E-state index in [0.29, 0.717) is 31.9 Å². The number of piperidine rings is 2. The van der Waals surface area contributed by atoms with Gasteiger partial charge in [0, 0.05) is 37.6 Å². The Kier molecular flexibility index (Phi) is 13.2. The van der Waals surface area contributed by atoms with Crippen LogP contribution in [0.15, 0.2) is 112 Å². The van der Waals surface area contributed by atoms with E-state index in [9.17, 15) is 34.8 Å². The maximum absolute atomic E-state index is 14.1. The van der Waals surface area contributed by atoms with Crippen molar-refractivity contribution < 1.29 is 44.3 Å². The molecule has 2 fully saturated rings. The van der Waals surface area contributed by atoms with Gasteiger partial charge in [-0.05, 0) is 111 Å². The van der Waals surface area contributed by atoms with Crippen molar-refractivity contribution in [1.82, 2.24) is 8.61 Å². The van der Waals surface area contributed by atoms with Gasteiger partial charge in [0.25, 0.3) is 15.9 Å². The Morgan fingerprint density at radius 3 is 1.54 bits per heavy atom. The van der Waals surface area contributed by atoms with E-state index in [-0.39, 0.29) is 37.6 Å². The fourth-order valence-corrected chi connectivity index (χ4v) is 11.0. The molecule has 2 aliphatic rings. The highest BCUT2D eigenvalue weighted by Gasteiger charge is 2.31. The number of hydrogen-bond donors (Lipinski definition) is 2. The average molecular weight is 840 g/mol. The highest BCUT2D eigenvalue weighted by molar-refractivity contribution is 7.93. The Bertz CT molecular complexity index is 2360. The Labute approximate surface area is 333 Å². The molecule has 2 saturated heterocycles. The maximum atomic E-state index is 14.1. The van der Waals surface area contributed by atoms with Crippen molar-refractivity contribution in [2.75, 3.05) is 61.4 Å². The summed E-state index contributed by atoms with van der Waals surface area (Å²) in [6, 6.07) is 23.3. The monoisotopic (exact) mass is 839 g/mol. The zero-order valence-corrected chi connectivity index (χ0v) is 33.8. The second-order valence-electron chi connectivity index (χ2n) is 13.5. The molecule has 0 atom stereocenters. The molecule has 0 saturated carbocycles. The first-order valence-corrected chi connectivity index (χ1v) is 22.8. The molecule has 304 valence electrons. The Balaban J connectivity index is 1.10. The van der Waals surface area contributed by atoms with E-state index in [2.05, 4.69) is 10.6 Å². The topological polar surface area (TPSA) is 189 Å². The van der Waals surface area contributed by atoms with Crippen LogP contribution in [0.3, 0.4) is 0 Å². The molecule has 2 amide bonds. The van der Waals surface area contributed by atoms with Gasteiger partial charge in [0.2, 0.25) is 26.0 Å². The predicted molar refractivity (Wildman–Crippen MR) is 215 cm³/mol. The number of methoxy groups -OCH3 is 1. The molecule has 0 aliphatic carbocycles. The van der Waals surface area contributed by atoms with Crippen molar-refractivity contribution >= 4 is 58.9 Å². The Hall–Kier alpha value is -5.01. The molecule has 15 nitrogen and oxygen atoms in total. The van der Waals surface area contributed by atoms with Crippen LogP contribution in [0.4, 0.5) is 17.1 Å². The van der Waals surface area contributed by atoms with E-state index < -0.39 is 55.0 Å². The van der Waals surface area contributed by atoms with Crippen LogP contribution in [0.25, 0.3) is 0 Å². The van der Waals surface area contributed by atoms with Gasteiger partial charge in [-0.25, -0.2) is 25.3 Å². The van der Waals surface area contributed by atoms with Gasteiger partial charge in [0.05, 0.1) is 27.5 Å². The molecule has 0 unspecified atom stereocenters. The lowest BCUT2D eigenvalue weighted by Crippen LogP contribution is -2.38. The summed E-state index contributed by atoms with van der Waals surface area (Å²) in [5.74, 6) is -0.824. The highest BCUT2D eigenvalue weighted by atomic mass is 32.2. The lowest BCUT2D eigenvalue weighted by Gasteiger charge is -2.26. The standard InChI is InChI=1S/C39H45N5O10S3/c1-53-37-11-5-4-10-36(37)44(28-38(45)40-30-12-18-33(19-13-30)55(47,48)42-24-6-2-7-25-42)57(51,52)35-22-16-32(17-23-35)54-29-39(46)41-31-14-20-34(21-15-31)56(49,50)43-26-8-3-9-27-43/h4-5,10-23H,2-3,6-9,24-29H2,1H3,(H,40,45)(H,41,46). The maximum Gasteiger partial charge on any atom is 0.264 e. The second kappa shape index (κ2) is 18.1. The Morgan fingerprint density at radius 1 is 0.596 bits per heavy atom. The van der Waals surface area contributed by atoms with E-state index in [4.69, 9.17) is 9.47 Å². The molecular weight excluding hydrogens is 795 g/mol. The predicted octanol–water partition coefficient (Wildman–Crippen LogP) is 4.90. The third-order valence-corrected chi connectivity index (χ3v) is 15.2. The van der Waals surface area contributed by atoms with E-state index >= 15 is 0 Å². The van der Waals surface area contributed by atoms with Crippen LogP contribution in [-0.2, 0) is 39.7 Å². The molecule has 18 heteroatoms. The van der Waals surface area contributed by atoms with Gasteiger partial charge in [-0.1, -0.05) is 25.0 Å². The summed E-state index contributed by atoms with van der Waals surface area (Å²) >= 11 is 0. The number of nitrogens with zero attached hydrogens (tertiary/aromatic N) is 3. The number of nitrogens with one attached hydrogen (secondary N) is 2. The van der Waals surface area contributed by atoms with Gasteiger partial charge in [-0.3, -0.25) is 13.9 Å². The normalized spacial score (nSPS) is 15.7. The number of sulfonamides is 3. The third-order valence-electron chi connectivity index (χ3n) is 9.60.